The summed E-state index contributed by atoms with van der Waals surface area (Å²) in [7, 11) is 0. The Balaban J connectivity index is 0.000000180. The Morgan fingerprint density at radius 2 is 0.409 bits per heavy atom. The molecule has 0 spiro atoms. The minimum atomic E-state index is 1.00. The molecule has 0 fully saturated rings. The van der Waals surface area contributed by atoms with Crippen molar-refractivity contribution in [2.24, 2.45) is 0 Å². The molecule has 0 saturated carbocycles. The van der Waals surface area contributed by atoms with E-state index in [9.17, 15) is 0 Å². The van der Waals surface area contributed by atoms with Crippen LogP contribution in [0.2, 0.25) is 0 Å². The molecule has 0 radical (unpaired) electrons. The fourth-order valence-corrected chi connectivity index (χ4v) is 21.1. The van der Waals surface area contributed by atoms with E-state index in [1.165, 1.54) is 249 Å². The van der Waals surface area contributed by atoms with E-state index in [1.807, 2.05) is 208 Å². The highest BCUT2D eigenvalue weighted by Crippen LogP contribution is 2.56. The predicted octanol–water partition coefficient (Wildman–Crippen LogP) is 38.9. The van der Waals surface area contributed by atoms with E-state index < -0.39 is 0 Å². The van der Waals surface area contributed by atoms with Crippen LogP contribution in [0, 0.1) is 0 Å². The summed E-state index contributed by atoms with van der Waals surface area (Å²) in [6.07, 6.45) is 9.20. The molecule has 15 aromatic carbocycles. The zero-order valence-electron chi connectivity index (χ0n) is 86.2. The molecule has 6 heterocycles. The van der Waals surface area contributed by atoms with Crippen molar-refractivity contribution in [2.45, 2.75) is 265 Å². The second-order valence-corrected chi connectivity index (χ2v) is 30.4. The standard InChI is InChI=1S/3C33H21N.15C2H6/c1-4-10-24-19(7-1)13-22-17-31-29(18-26(22)24)32-28-15-20-8-2-5-11-25(20)27(28)16-23-14-21-9-3-6-12-30(21)34(31)33(23)32;1-4-10-25-19(7-1)13-22-17-30-28(18-27(22)25)32-31-23(14-20-8-2-5-11-26(20)31)16-24-15-21-9-3-6-12-29(21)34(30)33(24)32;1-4-10-24-19(7-1)13-22-17-31-27(18-26(22)24)28-16-23-14-20-8-2-5-11-25(20)32(23)29-15-21-9-3-6-12-30(21)34(31)33(28)29;15*1-2/h3*1-12,16-18H,13-15H2;15*1-2H3. The molecule has 0 saturated heterocycles. The lowest BCUT2D eigenvalue weighted by Gasteiger charge is -2.23. The van der Waals surface area contributed by atoms with E-state index in [2.05, 4.69) is 287 Å². The van der Waals surface area contributed by atoms with Crippen LogP contribution in [0.5, 0.6) is 0 Å². The molecule has 3 heteroatoms. The number of rotatable bonds is 0. The summed E-state index contributed by atoms with van der Waals surface area (Å²) in [6, 6.07) is 103. The number of hydrogen-bond acceptors (Lipinski definition) is 0. The molecule has 0 unspecified atom stereocenters. The van der Waals surface area contributed by atoms with Crippen molar-refractivity contribution < 1.29 is 0 Å². The van der Waals surface area contributed by atoms with Crippen LogP contribution < -0.4 is 0 Å². The van der Waals surface area contributed by atoms with E-state index in [0.29, 0.717) is 0 Å². The molecule has 0 amide bonds. The van der Waals surface area contributed by atoms with Gasteiger partial charge in [0, 0.05) is 68.6 Å². The maximum absolute atomic E-state index is 2.57. The zero-order valence-corrected chi connectivity index (χ0v) is 86.2. The van der Waals surface area contributed by atoms with Gasteiger partial charge in [0.2, 0.25) is 0 Å². The Hall–Kier alpha value is -12.3. The van der Waals surface area contributed by atoms with Crippen LogP contribution >= 0.6 is 0 Å². The van der Waals surface area contributed by atoms with Crippen LogP contribution in [-0.2, 0) is 57.8 Å². The maximum Gasteiger partial charge on any atom is 0.0583 e. The van der Waals surface area contributed by atoms with Gasteiger partial charge in [-0.3, -0.25) is 0 Å². The van der Waals surface area contributed by atoms with E-state index >= 15 is 0 Å². The zero-order chi connectivity index (χ0) is 95.9. The first-order valence-electron chi connectivity index (χ1n) is 51.8. The van der Waals surface area contributed by atoms with Crippen LogP contribution in [0.3, 0.4) is 0 Å². The van der Waals surface area contributed by atoms with Gasteiger partial charge in [0.15, 0.2) is 0 Å². The molecule has 3 aromatic heterocycles. The fraction of sp³-hybridized carbons (Fsp3) is 0.302. The van der Waals surface area contributed by atoms with Crippen LogP contribution in [0.1, 0.15) is 308 Å². The maximum atomic E-state index is 2.57. The summed E-state index contributed by atoms with van der Waals surface area (Å²) in [4.78, 5) is 0. The normalized spacial score (nSPS) is 11.6. The van der Waals surface area contributed by atoms with E-state index in [0.717, 1.165) is 57.8 Å². The van der Waals surface area contributed by atoms with Crippen LogP contribution in [-0.4, -0.2) is 13.7 Å². The van der Waals surface area contributed by atoms with Gasteiger partial charge in [-0.2, -0.15) is 0 Å². The van der Waals surface area contributed by atoms with Crippen molar-refractivity contribution in [3.63, 3.8) is 0 Å². The monoisotopic (exact) mass is 1740 g/mol. The number of benzene rings is 15. The van der Waals surface area contributed by atoms with Gasteiger partial charge in [-0.15, -0.1) is 0 Å². The van der Waals surface area contributed by atoms with Gasteiger partial charge >= 0.3 is 0 Å². The summed E-state index contributed by atoms with van der Waals surface area (Å²) in [5, 5.41) is 8.54. The van der Waals surface area contributed by atoms with Gasteiger partial charge < -0.3 is 13.7 Å². The van der Waals surface area contributed by atoms with Gasteiger partial charge in [-0.25, -0.2) is 0 Å². The quantitative estimate of drug-likeness (QED) is 0.144. The molecule has 3 nitrogen and oxygen atoms in total. The molecule has 684 valence electrons. The Bertz CT molecular complexity index is 6960. The molecule has 0 N–H and O–H groups in total. The summed E-state index contributed by atoms with van der Waals surface area (Å²) >= 11 is 0. The van der Waals surface area contributed by atoms with Crippen LogP contribution in [0.25, 0.3) is 149 Å². The largest absolute Gasteiger partial charge is 0.309 e. The molecule has 27 rings (SSSR count). The smallest absolute Gasteiger partial charge is 0.0583 e. The lowest BCUT2D eigenvalue weighted by molar-refractivity contribution is 1.04. The molecule has 0 bridgehead atoms. The van der Waals surface area contributed by atoms with Crippen molar-refractivity contribution in [3.8, 4) is 83.8 Å². The minimum absolute atomic E-state index is 1.00. The van der Waals surface area contributed by atoms with Gasteiger partial charge in [-0.1, -0.05) is 414 Å². The number of nitrogens with zero attached hydrogens (tertiary/aromatic N) is 3. The summed E-state index contributed by atoms with van der Waals surface area (Å²) in [5.74, 6) is 0. The van der Waals surface area contributed by atoms with Gasteiger partial charge in [-0.05, 0) is 272 Å². The van der Waals surface area contributed by atoms with Crippen LogP contribution in [0.4, 0.5) is 0 Å². The van der Waals surface area contributed by atoms with E-state index in [1.54, 1.807) is 0 Å². The number of fused-ring (bicyclic) bond motifs is 36. The highest BCUT2D eigenvalue weighted by molar-refractivity contribution is 6.21. The van der Waals surface area contributed by atoms with E-state index in [-0.39, 0.29) is 0 Å². The number of hydrogen-bond donors (Lipinski definition) is 0. The van der Waals surface area contributed by atoms with Gasteiger partial charge in [0.25, 0.3) is 0 Å². The number of para-hydroxylation sites is 3. The first kappa shape index (κ1) is 102. The lowest BCUT2D eigenvalue weighted by Crippen LogP contribution is -2.09. The fourth-order valence-electron chi connectivity index (χ4n) is 21.1. The van der Waals surface area contributed by atoms with Crippen molar-refractivity contribution in [1.82, 2.24) is 13.7 Å². The topological polar surface area (TPSA) is 14.8 Å². The third-order valence-corrected chi connectivity index (χ3v) is 25.2. The third-order valence-electron chi connectivity index (χ3n) is 25.2. The van der Waals surface area contributed by atoms with Crippen molar-refractivity contribution in [1.29, 1.82) is 0 Å². The average molecular weight is 1750 g/mol. The van der Waals surface area contributed by atoms with Crippen molar-refractivity contribution in [2.75, 3.05) is 0 Å². The molecule has 132 heavy (non-hydrogen) atoms. The highest BCUT2D eigenvalue weighted by Gasteiger charge is 2.36. The Morgan fingerprint density at radius 1 is 0.152 bits per heavy atom. The lowest BCUT2D eigenvalue weighted by atomic mass is 9.89. The molecule has 3 aliphatic heterocycles. The van der Waals surface area contributed by atoms with Gasteiger partial charge in [0.05, 0.1) is 33.1 Å². The SMILES string of the molecule is CC.CC.CC.CC.CC.CC.CC.CC.CC.CC.CC.CC.CC.CC.CC.c1ccc2c(c1)Cc1cc3c(cc1-2)c1c2c(cc4c1n3-c1ccccc1C4)-c1ccccc1C2.c1ccc2c(c1)Cc1cc3c(cc1-2)c1c2c(cc4c1n3-c1ccccc1C4)Cc1ccccc1-2.c1ccc2c(c1)Cc1cc3c(cc1-2)c1cc2c(c4c1n3-c1ccccc1C4)-c1ccccc1C2. The third kappa shape index (κ3) is 17.5. The molecule has 6 aliphatic carbocycles. The molecular weight excluding hydrogens is 1590 g/mol. The summed E-state index contributed by atoms with van der Waals surface area (Å²) in [5.41, 5.74) is 55.8. The Labute approximate surface area is 796 Å². The minimum Gasteiger partial charge on any atom is -0.309 e. The molecular formula is C129H153N3. The first-order valence-corrected chi connectivity index (χ1v) is 51.8. The molecule has 18 aromatic rings. The first-order chi connectivity index (χ1) is 65.5. The summed E-state index contributed by atoms with van der Waals surface area (Å²) in [6.45, 7) is 60.0. The molecule has 9 aliphatic rings. The van der Waals surface area contributed by atoms with Crippen molar-refractivity contribution >= 4 is 65.4 Å². The average Bonchev–Trinajstić information content (AvgIpc) is 1.54. The molecule has 0 atom stereocenters. The highest BCUT2D eigenvalue weighted by atomic mass is 15.0. The van der Waals surface area contributed by atoms with Gasteiger partial charge in [0.1, 0.15) is 0 Å². The summed E-state index contributed by atoms with van der Waals surface area (Å²) < 4.78 is 7.72. The second-order valence-electron chi connectivity index (χ2n) is 30.4. The van der Waals surface area contributed by atoms with Crippen LogP contribution in [0.15, 0.2) is 273 Å². The van der Waals surface area contributed by atoms with Crippen molar-refractivity contribution in [3.05, 3.63) is 373 Å². The second kappa shape index (κ2) is 47.7. The number of aromatic nitrogens is 3. The van der Waals surface area contributed by atoms with E-state index in [4.69, 9.17) is 0 Å². The predicted molar refractivity (Wildman–Crippen MR) is 590 cm³/mol. The Morgan fingerprint density at radius 3 is 0.811 bits per heavy atom. The Kier molecular flexibility index (Phi) is 36.8.